The molecule has 0 aliphatic heterocycles. The van der Waals surface area contributed by atoms with Crippen LogP contribution in [0.1, 0.15) is 281 Å². The minimum Gasteiger partial charge on any atom is -0.396 e. The molecule has 0 aromatic heterocycles. The molecule has 4 aromatic carbocycles. The first-order chi connectivity index (χ1) is 61.8. The third kappa shape index (κ3) is 50.5. The maximum atomic E-state index is 15.7. The van der Waals surface area contributed by atoms with Crippen molar-refractivity contribution in [3.8, 4) is 0 Å². The molecule has 0 aliphatic carbocycles. The summed E-state index contributed by atoms with van der Waals surface area (Å²) in [5, 5.41) is 9.38. The molecule has 25 nitrogen and oxygen atoms in total. The van der Waals surface area contributed by atoms with Crippen LogP contribution in [0.3, 0.4) is 0 Å². The molecule has 4 aromatic rings. The summed E-state index contributed by atoms with van der Waals surface area (Å²) >= 11 is 0. The second-order valence-electron chi connectivity index (χ2n) is 34.6. The van der Waals surface area contributed by atoms with Crippen molar-refractivity contribution in [3.63, 3.8) is 0 Å². The normalized spacial score (nSPS) is 11.1. The number of amides is 11. The first-order valence-electron chi connectivity index (χ1n) is 49.0. The molecule has 0 radical (unpaired) electrons. The molecule has 4 rings (SSSR count). The summed E-state index contributed by atoms with van der Waals surface area (Å²) in [4.78, 5) is 178. The average Bonchev–Trinajstić information content (AvgIpc) is 0.848. The molecule has 127 heavy (non-hydrogen) atoms. The molecule has 25 heteroatoms. The van der Waals surface area contributed by atoms with Gasteiger partial charge >= 0.3 is 0 Å². The zero-order valence-corrected chi connectivity index (χ0v) is 78.7. The van der Waals surface area contributed by atoms with Gasteiger partial charge in [-0.15, -0.1) is 0 Å². The summed E-state index contributed by atoms with van der Waals surface area (Å²) in [6.07, 6.45) is 35.3. The number of aliphatic hydroxyl groups excluding tert-OH is 1. The standard InChI is InChI=1S/C102H165N13O12/c1-5-9-13-17-21-25-29-47-67-106(78-92(105)117)94(119)79-107(68-48-30-26-22-18-14-10-6-2)95(120)80-108(69-49-31-27-23-19-15-11-7-3)96(121)81-109(70-50-32-28-24-20-16-12-8-4)97(122)82-110(71-61-88-52-38-33-39-53-88)98(123)84-112(73-63-90-56-42-35-43-57-90)101(126)87-115(76-66-104)102(127)85-113(74-64-91-58-44-36-45-59-91)99(124)83-111(72-62-89-54-40-34-41-55-89)100(125)86-114(75-65-103)93(118)60-46-37-51-77-116/h33-36,38-45,52-59,116H,5-32,37,46-51,60-87,103-104H2,1-4H3,(H2,105,117). The number of aliphatic hydroxyl groups is 1. The molecule has 0 saturated carbocycles. The van der Waals surface area contributed by atoms with Crippen LogP contribution in [-0.4, -0.2) is 270 Å². The Labute approximate surface area is 763 Å². The predicted octanol–water partition coefficient (Wildman–Crippen LogP) is 13.8. The van der Waals surface area contributed by atoms with E-state index in [9.17, 15) is 24.3 Å². The van der Waals surface area contributed by atoms with Gasteiger partial charge in [0.25, 0.3) is 0 Å². The van der Waals surface area contributed by atoms with Gasteiger partial charge in [0.1, 0.15) is 0 Å². The predicted molar refractivity (Wildman–Crippen MR) is 510 cm³/mol. The number of primary amides is 1. The van der Waals surface area contributed by atoms with Gasteiger partial charge in [-0.05, 0) is 86.5 Å². The molecular weight excluding hydrogens is 1600 g/mol. The monoisotopic (exact) mass is 1760 g/mol. The van der Waals surface area contributed by atoms with Gasteiger partial charge in [0.2, 0.25) is 65.0 Å². The van der Waals surface area contributed by atoms with Gasteiger partial charge in [-0.1, -0.05) is 335 Å². The van der Waals surface area contributed by atoms with E-state index in [1.807, 2.05) is 121 Å². The molecule has 0 fully saturated rings. The Morgan fingerprint density at radius 3 is 0.606 bits per heavy atom. The molecule has 0 unspecified atom stereocenters. The van der Waals surface area contributed by atoms with Gasteiger partial charge in [-0.25, -0.2) is 0 Å². The van der Waals surface area contributed by atoms with E-state index < -0.39 is 92.4 Å². The molecule has 0 bridgehead atoms. The van der Waals surface area contributed by atoms with Crippen LogP contribution in [0.2, 0.25) is 0 Å². The van der Waals surface area contributed by atoms with E-state index in [0.717, 1.165) is 183 Å². The highest BCUT2D eigenvalue weighted by atomic mass is 16.3. The van der Waals surface area contributed by atoms with Crippen LogP contribution in [0.4, 0.5) is 0 Å². The van der Waals surface area contributed by atoms with Crippen LogP contribution in [0.5, 0.6) is 0 Å². The number of carbonyl (C=O) groups excluding carboxylic acids is 11. The second-order valence-corrected chi connectivity index (χ2v) is 34.6. The van der Waals surface area contributed by atoms with E-state index in [-0.39, 0.29) is 123 Å². The number of benzene rings is 4. The van der Waals surface area contributed by atoms with Crippen molar-refractivity contribution in [2.24, 2.45) is 17.2 Å². The van der Waals surface area contributed by atoms with E-state index in [0.29, 0.717) is 77.2 Å². The first-order valence-corrected chi connectivity index (χ1v) is 49.0. The molecule has 0 spiro atoms. The number of hydrogen-bond donors (Lipinski definition) is 4. The number of nitrogens with zero attached hydrogens (tertiary/aromatic N) is 10. The average molecular weight is 1770 g/mol. The Kier molecular flexibility index (Phi) is 61.5. The molecule has 7 N–H and O–H groups in total. The van der Waals surface area contributed by atoms with Crippen LogP contribution in [0.15, 0.2) is 121 Å². The smallest absolute Gasteiger partial charge is 0.242 e. The molecule has 0 heterocycles. The Balaban J connectivity index is 1.77. The Hall–Kier alpha value is -9.07. The van der Waals surface area contributed by atoms with E-state index in [2.05, 4.69) is 27.7 Å². The van der Waals surface area contributed by atoms with Gasteiger partial charge < -0.3 is 71.3 Å². The molecule has 710 valence electrons. The number of nitrogens with two attached hydrogens (primary N) is 3. The minimum absolute atomic E-state index is 0.00323. The summed E-state index contributed by atoms with van der Waals surface area (Å²) in [5.74, 6) is -5.45. The highest BCUT2D eigenvalue weighted by molar-refractivity contribution is 5.94. The Morgan fingerprint density at radius 2 is 0.402 bits per heavy atom. The summed E-state index contributed by atoms with van der Waals surface area (Å²) in [6, 6.07) is 38.0. The zero-order chi connectivity index (χ0) is 92.1. The van der Waals surface area contributed by atoms with Crippen LogP contribution in [0.25, 0.3) is 0 Å². The fraction of sp³-hybridized carbons (Fsp3) is 0.657. The Bertz CT molecular complexity index is 3640. The molecule has 0 atom stereocenters. The van der Waals surface area contributed by atoms with Crippen LogP contribution in [-0.2, 0) is 78.4 Å². The lowest BCUT2D eigenvalue weighted by atomic mass is 10.1. The summed E-state index contributed by atoms with van der Waals surface area (Å²) in [5.41, 5.74) is 21.7. The quantitative estimate of drug-likeness (QED) is 0.0299. The van der Waals surface area contributed by atoms with E-state index in [1.165, 1.54) is 58.5 Å². The Morgan fingerprint density at radius 1 is 0.220 bits per heavy atom. The van der Waals surface area contributed by atoms with E-state index >= 15 is 33.6 Å². The molecular formula is C102H165N13O12. The topological polar surface area (TPSA) is 318 Å². The van der Waals surface area contributed by atoms with Crippen molar-refractivity contribution < 1.29 is 57.8 Å². The number of rotatable bonds is 77. The van der Waals surface area contributed by atoms with Crippen LogP contribution >= 0.6 is 0 Å². The number of hydrogen-bond acceptors (Lipinski definition) is 14. The third-order valence-corrected chi connectivity index (χ3v) is 23.8. The van der Waals surface area contributed by atoms with Crippen LogP contribution in [0, 0.1) is 0 Å². The van der Waals surface area contributed by atoms with Crippen molar-refractivity contribution in [2.45, 2.75) is 285 Å². The number of unbranched alkanes of at least 4 members (excludes halogenated alkanes) is 30. The molecule has 0 saturated heterocycles. The fourth-order valence-corrected chi connectivity index (χ4v) is 15.9. The lowest BCUT2D eigenvalue weighted by molar-refractivity contribution is -0.149. The summed E-state index contributed by atoms with van der Waals surface area (Å²) < 4.78 is 0. The van der Waals surface area contributed by atoms with Crippen molar-refractivity contribution in [3.05, 3.63) is 144 Å². The van der Waals surface area contributed by atoms with Gasteiger partial charge in [-0.3, -0.25) is 52.7 Å². The van der Waals surface area contributed by atoms with Gasteiger partial charge in [0.15, 0.2) is 0 Å². The molecule has 11 amide bonds. The summed E-state index contributed by atoms with van der Waals surface area (Å²) in [6.45, 7) is 5.90. The van der Waals surface area contributed by atoms with Gasteiger partial charge in [-0.2, -0.15) is 0 Å². The summed E-state index contributed by atoms with van der Waals surface area (Å²) in [7, 11) is 0. The van der Waals surface area contributed by atoms with Crippen molar-refractivity contribution >= 4 is 65.0 Å². The van der Waals surface area contributed by atoms with E-state index in [1.54, 1.807) is 9.80 Å². The molecule has 0 aliphatic rings. The third-order valence-electron chi connectivity index (χ3n) is 23.8. The minimum atomic E-state index is -0.639. The van der Waals surface area contributed by atoms with Gasteiger partial charge in [0, 0.05) is 91.6 Å². The van der Waals surface area contributed by atoms with Crippen LogP contribution < -0.4 is 17.2 Å². The highest BCUT2D eigenvalue weighted by Gasteiger charge is 2.33. The first kappa shape index (κ1) is 110. The van der Waals surface area contributed by atoms with Crippen molar-refractivity contribution in [1.82, 2.24) is 49.0 Å². The SMILES string of the molecule is CCCCCCCCCCN(CC(N)=O)C(=O)CN(CCCCCCCCCC)C(=O)CN(CCCCCCCCCC)C(=O)CN(CCCCCCCCCC)C(=O)CN(CCc1ccccc1)C(=O)CN(CCc1ccccc1)C(=O)CN(CCN)C(=O)CN(CCc1ccccc1)C(=O)CN(CCc1ccccc1)C(=O)CN(CCN)C(=O)CCCCCO. The maximum absolute atomic E-state index is 15.7. The number of carbonyl (C=O) groups is 11. The van der Waals surface area contributed by atoms with Crippen molar-refractivity contribution in [2.75, 3.05) is 151 Å². The van der Waals surface area contributed by atoms with E-state index in [4.69, 9.17) is 17.2 Å². The zero-order valence-electron chi connectivity index (χ0n) is 78.7. The lowest BCUT2D eigenvalue weighted by Gasteiger charge is -2.33. The van der Waals surface area contributed by atoms with Gasteiger partial charge in [0.05, 0.1) is 65.4 Å². The fourth-order valence-electron chi connectivity index (χ4n) is 15.9. The largest absolute Gasteiger partial charge is 0.396 e. The maximum Gasteiger partial charge on any atom is 0.242 e. The second kappa shape index (κ2) is 70.9. The highest BCUT2D eigenvalue weighted by Crippen LogP contribution is 2.19. The van der Waals surface area contributed by atoms with Crippen molar-refractivity contribution in [1.29, 1.82) is 0 Å². The lowest BCUT2D eigenvalue weighted by Crippen LogP contribution is -2.53.